The smallest absolute Gasteiger partial charge is 0.242 e. The highest BCUT2D eigenvalue weighted by atomic mass is 16.2. The fraction of sp³-hybridized carbons (Fsp3) is 0.692. The van der Waals surface area contributed by atoms with Crippen LogP contribution in [0.5, 0.6) is 0 Å². The zero-order valence-electron chi connectivity index (χ0n) is 11.8. The molecule has 0 spiro atoms. The summed E-state index contributed by atoms with van der Waals surface area (Å²) in [5.74, 6) is 0.140. The molecule has 102 valence electrons. The summed E-state index contributed by atoms with van der Waals surface area (Å²) >= 11 is 0. The van der Waals surface area contributed by atoms with Gasteiger partial charge in [0.25, 0.3) is 0 Å². The molecule has 0 aliphatic heterocycles. The summed E-state index contributed by atoms with van der Waals surface area (Å²) in [7, 11) is 0. The van der Waals surface area contributed by atoms with Crippen LogP contribution in [0.15, 0.2) is 12.5 Å². The number of carbonyl (C=O) groups excluding carboxylic acids is 1. The minimum Gasteiger partial charge on any atom is -0.342 e. The van der Waals surface area contributed by atoms with Crippen molar-refractivity contribution in [3.63, 3.8) is 0 Å². The molecule has 1 aromatic rings. The van der Waals surface area contributed by atoms with Crippen molar-refractivity contribution in [3.05, 3.63) is 18.2 Å². The lowest BCUT2D eigenvalue weighted by Gasteiger charge is -2.18. The van der Waals surface area contributed by atoms with E-state index in [-0.39, 0.29) is 5.91 Å². The number of carbonyl (C=O) groups is 1. The molecule has 0 bridgehead atoms. The first-order valence-electron chi connectivity index (χ1n) is 6.58. The van der Waals surface area contributed by atoms with Crippen LogP contribution < -0.4 is 5.32 Å². The van der Waals surface area contributed by atoms with E-state index in [4.69, 9.17) is 0 Å². The molecular formula is C13H24N4O. The van der Waals surface area contributed by atoms with Crippen molar-refractivity contribution in [2.75, 3.05) is 13.1 Å². The van der Waals surface area contributed by atoms with Gasteiger partial charge in [-0.05, 0) is 13.8 Å². The number of hydrogen-bond donors (Lipinski definition) is 1. The summed E-state index contributed by atoms with van der Waals surface area (Å²) in [6.45, 7) is 10.8. The first-order chi connectivity index (χ1) is 8.56. The highest BCUT2D eigenvalue weighted by Gasteiger charge is 2.10. The summed E-state index contributed by atoms with van der Waals surface area (Å²) in [6.07, 6.45) is 3.65. The van der Waals surface area contributed by atoms with Crippen LogP contribution in [0.1, 0.15) is 33.4 Å². The number of rotatable bonds is 7. The Bertz CT molecular complexity index is 369. The topological polar surface area (TPSA) is 50.2 Å². The second-order valence-corrected chi connectivity index (χ2v) is 4.64. The van der Waals surface area contributed by atoms with E-state index in [1.165, 1.54) is 0 Å². The quantitative estimate of drug-likeness (QED) is 0.794. The maximum atomic E-state index is 11.9. The lowest BCUT2D eigenvalue weighted by Crippen LogP contribution is -2.33. The number of imidazole rings is 1. The zero-order valence-corrected chi connectivity index (χ0v) is 11.8. The monoisotopic (exact) mass is 252 g/mol. The summed E-state index contributed by atoms with van der Waals surface area (Å²) in [6, 6.07) is 0.437. The summed E-state index contributed by atoms with van der Waals surface area (Å²) in [5, 5.41) is 3.30. The normalized spacial score (nSPS) is 10.9. The Balaban J connectivity index is 2.50. The van der Waals surface area contributed by atoms with E-state index in [2.05, 4.69) is 24.1 Å². The molecule has 1 amide bonds. The minimum absolute atomic E-state index is 0.140. The molecule has 1 rings (SSSR count). The second-order valence-electron chi connectivity index (χ2n) is 4.64. The van der Waals surface area contributed by atoms with Crippen LogP contribution in [0, 0.1) is 0 Å². The van der Waals surface area contributed by atoms with E-state index in [1.807, 2.05) is 29.5 Å². The molecule has 0 atom stereocenters. The molecule has 0 aliphatic carbocycles. The van der Waals surface area contributed by atoms with Crippen molar-refractivity contribution in [3.8, 4) is 0 Å². The minimum atomic E-state index is 0.140. The van der Waals surface area contributed by atoms with E-state index >= 15 is 0 Å². The van der Waals surface area contributed by atoms with Gasteiger partial charge in [-0.3, -0.25) is 4.79 Å². The van der Waals surface area contributed by atoms with Crippen LogP contribution >= 0.6 is 0 Å². The summed E-state index contributed by atoms with van der Waals surface area (Å²) in [5.41, 5.74) is 0.969. The molecule has 18 heavy (non-hydrogen) atoms. The predicted molar refractivity (Wildman–Crippen MR) is 72.1 cm³/mol. The van der Waals surface area contributed by atoms with Gasteiger partial charge >= 0.3 is 0 Å². The molecule has 0 saturated heterocycles. The van der Waals surface area contributed by atoms with E-state index in [1.54, 1.807) is 6.33 Å². The molecule has 0 aliphatic rings. The third kappa shape index (κ3) is 4.49. The van der Waals surface area contributed by atoms with E-state index in [0.29, 0.717) is 12.6 Å². The third-order valence-corrected chi connectivity index (χ3v) is 2.81. The second kappa shape index (κ2) is 7.16. The van der Waals surface area contributed by atoms with Crippen LogP contribution in [0.2, 0.25) is 0 Å². The van der Waals surface area contributed by atoms with Gasteiger partial charge in [-0.2, -0.15) is 0 Å². The van der Waals surface area contributed by atoms with Crippen LogP contribution in [0.25, 0.3) is 0 Å². The van der Waals surface area contributed by atoms with E-state index < -0.39 is 0 Å². The highest BCUT2D eigenvalue weighted by molar-refractivity contribution is 5.75. The van der Waals surface area contributed by atoms with Crippen LogP contribution in [0.3, 0.4) is 0 Å². The number of amides is 1. The highest BCUT2D eigenvalue weighted by Crippen LogP contribution is 1.99. The summed E-state index contributed by atoms with van der Waals surface area (Å²) in [4.78, 5) is 18.0. The molecule has 1 heterocycles. The lowest BCUT2D eigenvalue weighted by molar-refractivity contribution is -0.131. The molecule has 0 radical (unpaired) electrons. The van der Waals surface area contributed by atoms with Crippen molar-refractivity contribution in [1.82, 2.24) is 19.8 Å². The molecule has 5 nitrogen and oxygen atoms in total. The fourth-order valence-corrected chi connectivity index (χ4v) is 1.73. The Labute approximate surface area is 109 Å². The molecule has 5 heteroatoms. The van der Waals surface area contributed by atoms with Gasteiger partial charge < -0.3 is 14.8 Å². The maximum absolute atomic E-state index is 11.9. The van der Waals surface area contributed by atoms with Gasteiger partial charge in [-0.25, -0.2) is 4.98 Å². The van der Waals surface area contributed by atoms with Crippen LogP contribution in [-0.4, -0.2) is 39.5 Å². The number of hydrogen-bond acceptors (Lipinski definition) is 3. The summed E-state index contributed by atoms with van der Waals surface area (Å²) < 4.78 is 1.85. The Morgan fingerprint density at radius 2 is 2.11 bits per heavy atom. The molecule has 0 fully saturated rings. The van der Waals surface area contributed by atoms with E-state index in [9.17, 15) is 4.79 Å². The number of nitrogens with one attached hydrogen (secondary N) is 1. The Morgan fingerprint density at radius 3 is 2.67 bits per heavy atom. The van der Waals surface area contributed by atoms with Gasteiger partial charge in [-0.15, -0.1) is 0 Å². The number of nitrogens with zero attached hydrogens (tertiary/aromatic N) is 3. The van der Waals surface area contributed by atoms with Gasteiger partial charge in [0.15, 0.2) is 0 Å². The van der Waals surface area contributed by atoms with Gasteiger partial charge in [0, 0.05) is 31.9 Å². The van der Waals surface area contributed by atoms with Crippen molar-refractivity contribution >= 4 is 5.91 Å². The lowest BCUT2D eigenvalue weighted by atomic mass is 10.3. The van der Waals surface area contributed by atoms with Gasteiger partial charge in [-0.1, -0.05) is 13.8 Å². The average molecular weight is 252 g/mol. The first kappa shape index (κ1) is 14.7. The Kier molecular flexibility index (Phi) is 5.85. The predicted octanol–water partition coefficient (Wildman–Crippen LogP) is 1.25. The van der Waals surface area contributed by atoms with Gasteiger partial charge in [0.05, 0.1) is 12.0 Å². The van der Waals surface area contributed by atoms with E-state index in [0.717, 1.165) is 25.3 Å². The van der Waals surface area contributed by atoms with Gasteiger partial charge in [0.2, 0.25) is 5.91 Å². The van der Waals surface area contributed by atoms with Crippen LogP contribution in [-0.2, 0) is 17.9 Å². The zero-order chi connectivity index (χ0) is 13.5. The molecular weight excluding hydrogens is 228 g/mol. The van der Waals surface area contributed by atoms with Crippen molar-refractivity contribution in [2.24, 2.45) is 0 Å². The standard InChI is InChI=1S/C13H24N4O/c1-5-17(6-2)13(18)9-16-8-12(15-10-16)7-14-11(3)4/h8,10-11,14H,5-7,9H2,1-4H3. The Morgan fingerprint density at radius 1 is 1.44 bits per heavy atom. The fourth-order valence-electron chi connectivity index (χ4n) is 1.73. The SMILES string of the molecule is CCN(CC)C(=O)Cn1cnc(CNC(C)C)c1. The molecule has 0 aromatic carbocycles. The molecule has 0 saturated carbocycles. The van der Waals surface area contributed by atoms with Crippen molar-refractivity contribution < 1.29 is 4.79 Å². The average Bonchev–Trinajstić information content (AvgIpc) is 2.75. The van der Waals surface area contributed by atoms with Crippen molar-refractivity contribution in [1.29, 1.82) is 0 Å². The molecule has 1 aromatic heterocycles. The molecule has 1 N–H and O–H groups in total. The first-order valence-corrected chi connectivity index (χ1v) is 6.58. The number of likely N-dealkylation sites (N-methyl/N-ethyl adjacent to an activating group) is 1. The number of aromatic nitrogens is 2. The largest absolute Gasteiger partial charge is 0.342 e. The van der Waals surface area contributed by atoms with Crippen LogP contribution in [0.4, 0.5) is 0 Å². The third-order valence-electron chi connectivity index (χ3n) is 2.81. The Hall–Kier alpha value is -1.36. The maximum Gasteiger partial charge on any atom is 0.242 e. The van der Waals surface area contributed by atoms with Gasteiger partial charge in [0.1, 0.15) is 6.54 Å². The molecule has 0 unspecified atom stereocenters. The van der Waals surface area contributed by atoms with Crippen molar-refractivity contribution in [2.45, 2.75) is 46.8 Å².